The zero-order chi connectivity index (χ0) is 14.5. The van der Waals surface area contributed by atoms with Gasteiger partial charge in [-0.2, -0.15) is 5.10 Å². The molecule has 20 heavy (non-hydrogen) atoms. The predicted molar refractivity (Wildman–Crippen MR) is 81.2 cm³/mol. The fourth-order valence-electron chi connectivity index (χ4n) is 1.92. The zero-order valence-electron chi connectivity index (χ0n) is 12.7. The molecule has 0 amide bonds. The number of nitrogens with zero attached hydrogens (tertiary/aromatic N) is 2. The highest BCUT2D eigenvalue weighted by molar-refractivity contribution is 5.39. The Hall–Kier alpha value is -1.81. The van der Waals surface area contributed by atoms with Gasteiger partial charge in [-0.3, -0.25) is 4.68 Å². The summed E-state index contributed by atoms with van der Waals surface area (Å²) in [6.45, 7) is 10.2. The molecule has 1 aromatic heterocycles. The van der Waals surface area contributed by atoms with Gasteiger partial charge in [0.05, 0.1) is 12.4 Å². The van der Waals surface area contributed by atoms with Gasteiger partial charge in [0, 0.05) is 12.6 Å². The first-order chi connectivity index (χ1) is 9.60. The Kier molecular flexibility index (Phi) is 4.79. The lowest BCUT2D eigenvalue weighted by atomic mass is 10.1. The molecule has 2 aromatic rings. The zero-order valence-corrected chi connectivity index (χ0v) is 12.7. The maximum Gasteiger partial charge on any atom is 0.165 e. The highest BCUT2D eigenvalue weighted by Crippen LogP contribution is 2.26. The molecule has 0 bridgehead atoms. The van der Waals surface area contributed by atoms with Crippen molar-refractivity contribution < 1.29 is 4.74 Å². The minimum Gasteiger partial charge on any atom is -0.454 e. The molecule has 1 N–H and O–H groups in total. The van der Waals surface area contributed by atoms with Crippen molar-refractivity contribution in [3.05, 3.63) is 41.7 Å². The molecule has 0 aliphatic rings. The van der Waals surface area contributed by atoms with Crippen molar-refractivity contribution >= 4 is 0 Å². The maximum atomic E-state index is 5.95. The van der Waals surface area contributed by atoms with E-state index in [1.165, 1.54) is 5.56 Å². The summed E-state index contributed by atoms with van der Waals surface area (Å²) < 4.78 is 7.85. The van der Waals surface area contributed by atoms with Gasteiger partial charge >= 0.3 is 0 Å². The van der Waals surface area contributed by atoms with E-state index in [9.17, 15) is 0 Å². The van der Waals surface area contributed by atoms with Crippen molar-refractivity contribution in [3.8, 4) is 11.5 Å². The Morgan fingerprint density at radius 2 is 2.15 bits per heavy atom. The van der Waals surface area contributed by atoms with Crippen LogP contribution >= 0.6 is 0 Å². The van der Waals surface area contributed by atoms with E-state index in [-0.39, 0.29) is 0 Å². The van der Waals surface area contributed by atoms with E-state index in [0.717, 1.165) is 30.2 Å². The third-order valence-corrected chi connectivity index (χ3v) is 3.17. The maximum absolute atomic E-state index is 5.95. The van der Waals surface area contributed by atoms with E-state index >= 15 is 0 Å². The van der Waals surface area contributed by atoms with Gasteiger partial charge in [0.1, 0.15) is 5.75 Å². The van der Waals surface area contributed by atoms with E-state index in [4.69, 9.17) is 4.74 Å². The van der Waals surface area contributed by atoms with Crippen LogP contribution in [0.2, 0.25) is 0 Å². The van der Waals surface area contributed by atoms with Crippen molar-refractivity contribution in [2.24, 2.45) is 0 Å². The first-order valence-electron chi connectivity index (χ1n) is 7.12. The fourth-order valence-corrected chi connectivity index (χ4v) is 1.92. The average molecular weight is 273 g/mol. The Morgan fingerprint density at radius 3 is 2.80 bits per heavy atom. The van der Waals surface area contributed by atoms with Crippen LogP contribution in [-0.2, 0) is 6.54 Å². The van der Waals surface area contributed by atoms with Crippen LogP contribution in [0.1, 0.15) is 37.9 Å². The number of hydrogen-bond donors (Lipinski definition) is 1. The van der Waals surface area contributed by atoms with Crippen LogP contribution in [0, 0.1) is 6.92 Å². The standard InChI is InChI=1S/C16H23N3O/c1-5-17-9-14-7-6-13(4)16(8-14)20-15-10-18-19(11-15)12(2)3/h6-8,10-12,17H,5,9H2,1-4H3. The van der Waals surface area contributed by atoms with Gasteiger partial charge in [-0.15, -0.1) is 0 Å². The second-order valence-corrected chi connectivity index (χ2v) is 5.23. The van der Waals surface area contributed by atoms with Crippen molar-refractivity contribution in [2.75, 3.05) is 6.54 Å². The Balaban J connectivity index is 2.14. The molecule has 4 nitrogen and oxygen atoms in total. The van der Waals surface area contributed by atoms with Gasteiger partial charge in [0.25, 0.3) is 0 Å². The second kappa shape index (κ2) is 6.57. The molecule has 0 radical (unpaired) electrons. The fraction of sp³-hybridized carbons (Fsp3) is 0.438. The number of benzene rings is 1. The monoisotopic (exact) mass is 273 g/mol. The molecule has 0 unspecified atom stereocenters. The highest BCUT2D eigenvalue weighted by atomic mass is 16.5. The van der Waals surface area contributed by atoms with Crippen LogP contribution in [0.25, 0.3) is 0 Å². The van der Waals surface area contributed by atoms with E-state index in [0.29, 0.717) is 6.04 Å². The smallest absolute Gasteiger partial charge is 0.165 e. The van der Waals surface area contributed by atoms with E-state index in [1.54, 1.807) is 6.20 Å². The Morgan fingerprint density at radius 1 is 1.35 bits per heavy atom. The molecule has 0 spiro atoms. The summed E-state index contributed by atoms with van der Waals surface area (Å²) in [6.07, 6.45) is 3.69. The molecule has 0 saturated heterocycles. The number of aromatic nitrogens is 2. The Labute approximate surface area is 120 Å². The summed E-state index contributed by atoms with van der Waals surface area (Å²) in [5.74, 6) is 1.67. The van der Waals surface area contributed by atoms with Gasteiger partial charge in [0.2, 0.25) is 0 Å². The summed E-state index contributed by atoms with van der Waals surface area (Å²) in [7, 11) is 0. The molecule has 0 aliphatic carbocycles. The third kappa shape index (κ3) is 3.61. The second-order valence-electron chi connectivity index (χ2n) is 5.23. The molecule has 2 rings (SSSR count). The van der Waals surface area contributed by atoms with Crippen LogP contribution in [-0.4, -0.2) is 16.3 Å². The lowest BCUT2D eigenvalue weighted by molar-refractivity contribution is 0.472. The van der Waals surface area contributed by atoms with Crippen LogP contribution in [0.4, 0.5) is 0 Å². The molecule has 0 fully saturated rings. The minimum absolute atomic E-state index is 0.341. The number of hydrogen-bond acceptors (Lipinski definition) is 3. The molecule has 1 aromatic carbocycles. The number of ether oxygens (including phenoxy) is 1. The molecular formula is C16H23N3O. The molecular weight excluding hydrogens is 250 g/mol. The lowest BCUT2D eigenvalue weighted by Gasteiger charge is -2.10. The molecule has 4 heteroatoms. The molecule has 1 heterocycles. The van der Waals surface area contributed by atoms with E-state index in [1.807, 2.05) is 10.9 Å². The largest absolute Gasteiger partial charge is 0.454 e. The summed E-state index contributed by atoms with van der Waals surface area (Å²) in [6, 6.07) is 6.65. The van der Waals surface area contributed by atoms with Crippen molar-refractivity contribution in [3.63, 3.8) is 0 Å². The first-order valence-corrected chi connectivity index (χ1v) is 7.12. The highest BCUT2D eigenvalue weighted by Gasteiger charge is 2.07. The summed E-state index contributed by atoms with van der Waals surface area (Å²) >= 11 is 0. The summed E-state index contributed by atoms with van der Waals surface area (Å²) in [5, 5.41) is 7.61. The predicted octanol–water partition coefficient (Wildman–Crippen LogP) is 3.67. The van der Waals surface area contributed by atoms with Gasteiger partial charge < -0.3 is 10.1 Å². The average Bonchev–Trinajstić information content (AvgIpc) is 2.88. The minimum atomic E-state index is 0.341. The van der Waals surface area contributed by atoms with Crippen LogP contribution in [0.3, 0.4) is 0 Å². The quantitative estimate of drug-likeness (QED) is 0.872. The summed E-state index contributed by atoms with van der Waals surface area (Å²) in [5.41, 5.74) is 2.35. The summed E-state index contributed by atoms with van der Waals surface area (Å²) in [4.78, 5) is 0. The number of nitrogens with one attached hydrogen (secondary N) is 1. The SMILES string of the molecule is CCNCc1ccc(C)c(Oc2cnn(C(C)C)c2)c1. The number of aryl methyl sites for hydroxylation is 1. The third-order valence-electron chi connectivity index (χ3n) is 3.17. The molecule has 0 aliphatic heterocycles. The lowest BCUT2D eigenvalue weighted by Crippen LogP contribution is -2.11. The van der Waals surface area contributed by atoms with Gasteiger partial charge in [0.15, 0.2) is 5.75 Å². The topological polar surface area (TPSA) is 39.1 Å². The Bertz CT molecular complexity index is 561. The van der Waals surface area contributed by atoms with Crippen LogP contribution < -0.4 is 10.1 Å². The molecule has 0 atom stereocenters. The molecule has 0 saturated carbocycles. The van der Waals surface area contributed by atoms with Crippen LogP contribution in [0.15, 0.2) is 30.6 Å². The van der Waals surface area contributed by atoms with Crippen molar-refractivity contribution in [2.45, 2.75) is 40.3 Å². The van der Waals surface area contributed by atoms with E-state index in [2.05, 4.69) is 56.3 Å². The normalized spacial score (nSPS) is 11.1. The van der Waals surface area contributed by atoms with Crippen molar-refractivity contribution in [1.29, 1.82) is 0 Å². The first kappa shape index (κ1) is 14.6. The van der Waals surface area contributed by atoms with Crippen LogP contribution in [0.5, 0.6) is 11.5 Å². The number of rotatable bonds is 6. The van der Waals surface area contributed by atoms with Gasteiger partial charge in [-0.1, -0.05) is 19.1 Å². The molecule has 108 valence electrons. The van der Waals surface area contributed by atoms with Crippen molar-refractivity contribution in [1.82, 2.24) is 15.1 Å². The van der Waals surface area contributed by atoms with Gasteiger partial charge in [-0.05, 0) is 44.5 Å². The van der Waals surface area contributed by atoms with E-state index < -0.39 is 0 Å². The van der Waals surface area contributed by atoms with Gasteiger partial charge in [-0.25, -0.2) is 0 Å².